The number of hydrogen-bond donors (Lipinski definition) is 0. The Labute approximate surface area is 137 Å². The molecule has 0 spiro atoms. The first-order valence-corrected chi connectivity index (χ1v) is 7.94. The van der Waals surface area contributed by atoms with Crippen LogP contribution in [-0.2, 0) is 16.1 Å². The van der Waals surface area contributed by atoms with Crippen LogP contribution in [-0.4, -0.2) is 40.4 Å². The Balaban J connectivity index is 2.22. The molecule has 5 heteroatoms. The number of carbonyl (C=O) groups excluding carboxylic acids is 2. The number of hydrogen-bond acceptors (Lipinski definition) is 3. The van der Waals surface area contributed by atoms with Crippen LogP contribution in [0.1, 0.15) is 33.3 Å². The third-order valence-electron chi connectivity index (χ3n) is 4.21. The lowest BCUT2D eigenvalue weighted by Crippen LogP contribution is -2.41. The molecule has 2 rings (SSSR count). The van der Waals surface area contributed by atoms with Gasteiger partial charge in [0.05, 0.1) is 12.1 Å². The van der Waals surface area contributed by atoms with Gasteiger partial charge in [-0.1, -0.05) is 30.3 Å². The summed E-state index contributed by atoms with van der Waals surface area (Å²) >= 11 is 0. The number of nitrogens with zero attached hydrogens (tertiary/aromatic N) is 2. The van der Waals surface area contributed by atoms with Gasteiger partial charge < -0.3 is 9.64 Å². The number of cyclic esters (lactones) is 1. The topological polar surface area (TPSA) is 49.9 Å². The van der Waals surface area contributed by atoms with E-state index < -0.39 is 11.6 Å². The average molecular weight is 316 g/mol. The van der Waals surface area contributed by atoms with Crippen molar-refractivity contribution in [2.24, 2.45) is 0 Å². The van der Waals surface area contributed by atoms with E-state index in [1.807, 2.05) is 58.0 Å². The summed E-state index contributed by atoms with van der Waals surface area (Å²) in [7, 11) is 0. The predicted molar refractivity (Wildman–Crippen MR) is 88.6 cm³/mol. The van der Waals surface area contributed by atoms with Crippen molar-refractivity contribution in [3.05, 3.63) is 47.7 Å². The molecule has 1 fully saturated rings. The molecule has 1 saturated heterocycles. The van der Waals surface area contributed by atoms with Crippen molar-refractivity contribution in [3.8, 4) is 0 Å². The molecule has 0 N–H and O–H groups in total. The van der Waals surface area contributed by atoms with Crippen molar-refractivity contribution >= 4 is 12.0 Å². The number of likely N-dealkylation sites (N-methyl/N-ethyl adjacent to an activating group) is 1. The van der Waals surface area contributed by atoms with Crippen LogP contribution in [0.15, 0.2) is 42.2 Å². The number of amides is 2. The maximum absolute atomic E-state index is 12.3. The van der Waals surface area contributed by atoms with Gasteiger partial charge in [0.25, 0.3) is 0 Å². The minimum absolute atomic E-state index is 0.132. The summed E-state index contributed by atoms with van der Waals surface area (Å²) < 4.78 is 5.37. The van der Waals surface area contributed by atoms with Crippen LogP contribution < -0.4 is 0 Å². The Kier molecular flexibility index (Phi) is 5.08. The van der Waals surface area contributed by atoms with Gasteiger partial charge in [-0.2, -0.15) is 0 Å². The van der Waals surface area contributed by atoms with Crippen molar-refractivity contribution in [2.75, 3.05) is 13.1 Å². The van der Waals surface area contributed by atoms with E-state index in [0.717, 1.165) is 5.56 Å². The van der Waals surface area contributed by atoms with Gasteiger partial charge in [0.1, 0.15) is 5.76 Å². The second-order valence-corrected chi connectivity index (χ2v) is 6.02. The van der Waals surface area contributed by atoms with Gasteiger partial charge in [-0.25, -0.2) is 4.79 Å². The van der Waals surface area contributed by atoms with Gasteiger partial charge in [-0.3, -0.25) is 9.69 Å². The number of rotatable bonds is 5. The van der Waals surface area contributed by atoms with Gasteiger partial charge in [0.2, 0.25) is 5.91 Å². The minimum Gasteiger partial charge on any atom is -0.412 e. The van der Waals surface area contributed by atoms with Crippen LogP contribution in [0.4, 0.5) is 4.79 Å². The third-order valence-corrected chi connectivity index (χ3v) is 4.21. The minimum atomic E-state index is -0.657. The smallest absolute Gasteiger partial charge is 0.412 e. The fourth-order valence-electron chi connectivity index (χ4n) is 2.61. The maximum atomic E-state index is 12.3. The van der Waals surface area contributed by atoms with E-state index in [1.165, 1.54) is 6.08 Å². The van der Waals surface area contributed by atoms with Crippen molar-refractivity contribution in [2.45, 2.75) is 39.8 Å². The lowest BCUT2D eigenvalue weighted by atomic mass is 10.00. The fraction of sp³-hybridized carbons (Fsp3) is 0.444. The van der Waals surface area contributed by atoms with Crippen LogP contribution in [0.3, 0.4) is 0 Å². The van der Waals surface area contributed by atoms with E-state index in [4.69, 9.17) is 4.74 Å². The van der Waals surface area contributed by atoms with Crippen molar-refractivity contribution in [3.63, 3.8) is 0 Å². The molecule has 1 aromatic carbocycles. The number of benzene rings is 1. The Bertz CT molecular complexity index is 604. The summed E-state index contributed by atoms with van der Waals surface area (Å²) in [5.41, 5.74) is 0.365. The monoisotopic (exact) mass is 316 g/mol. The van der Waals surface area contributed by atoms with Crippen molar-refractivity contribution in [1.82, 2.24) is 9.80 Å². The Morgan fingerprint density at radius 1 is 1.22 bits per heavy atom. The second kappa shape index (κ2) is 6.86. The van der Waals surface area contributed by atoms with E-state index in [-0.39, 0.29) is 5.91 Å². The van der Waals surface area contributed by atoms with E-state index in [2.05, 4.69) is 0 Å². The van der Waals surface area contributed by atoms with E-state index >= 15 is 0 Å². The van der Waals surface area contributed by atoms with Gasteiger partial charge in [-0.15, -0.1) is 0 Å². The summed E-state index contributed by atoms with van der Waals surface area (Å²) in [6.07, 6.45) is 1.02. The van der Waals surface area contributed by atoms with E-state index in [1.54, 1.807) is 9.80 Å². The third kappa shape index (κ3) is 3.55. The maximum Gasteiger partial charge on any atom is 0.416 e. The molecule has 124 valence electrons. The molecule has 1 aliphatic heterocycles. The van der Waals surface area contributed by atoms with Crippen LogP contribution in [0.2, 0.25) is 0 Å². The van der Waals surface area contributed by atoms with Crippen LogP contribution in [0.25, 0.3) is 0 Å². The molecule has 0 radical (unpaired) electrons. The summed E-state index contributed by atoms with van der Waals surface area (Å²) in [5.74, 6) is 0.266. The normalized spacial score (nSPS) is 18.2. The highest BCUT2D eigenvalue weighted by Crippen LogP contribution is 2.34. The van der Waals surface area contributed by atoms with E-state index in [9.17, 15) is 9.59 Å². The van der Waals surface area contributed by atoms with Crippen molar-refractivity contribution in [1.29, 1.82) is 0 Å². The van der Waals surface area contributed by atoms with Crippen LogP contribution in [0, 0.1) is 0 Å². The first kappa shape index (κ1) is 17.1. The van der Waals surface area contributed by atoms with Gasteiger partial charge in [0.15, 0.2) is 0 Å². The molecule has 0 atom stereocenters. The lowest BCUT2D eigenvalue weighted by Gasteiger charge is -2.28. The molecule has 23 heavy (non-hydrogen) atoms. The molecule has 1 aromatic rings. The van der Waals surface area contributed by atoms with Crippen LogP contribution >= 0.6 is 0 Å². The molecule has 1 aliphatic rings. The molecular weight excluding hydrogens is 292 g/mol. The largest absolute Gasteiger partial charge is 0.416 e. The standard InChI is InChI=1S/C18H24N2O3/c1-5-19(6-2)16(21)12-15-18(3,4)20(17(22)23-15)13-14-10-8-7-9-11-14/h7-12H,5-6,13H2,1-4H3/b15-12+. The molecular formula is C18H24N2O3. The average Bonchev–Trinajstić information content (AvgIpc) is 2.73. The molecule has 2 amide bonds. The first-order valence-electron chi connectivity index (χ1n) is 7.94. The molecule has 5 nitrogen and oxygen atoms in total. The fourth-order valence-corrected chi connectivity index (χ4v) is 2.61. The molecule has 1 heterocycles. The zero-order valence-electron chi connectivity index (χ0n) is 14.2. The van der Waals surface area contributed by atoms with Gasteiger partial charge in [-0.05, 0) is 33.3 Å². The van der Waals surface area contributed by atoms with Crippen LogP contribution in [0.5, 0.6) is 0 Å². The first-order chi connectivity index (χ1) is 10.9. The Morgan fingerprint density at radius 2 is 1.83 bits per heavy atom. The zero-order valence-corrected chi connectivity index (χ0v) is 14.2. The predicted octanol–water partition coefficient (Wildman–Crippen LogP) is 3.17. The second-order valence-electron chi connectivity index (χ2n) is 6.02. The highest BCUT2D eigenvalue weighted by Gasteiger charge is 2.45. The van der Waals surface area contributed by atoms with Gasteiger partial charge >= 0.3 is 6.09 Å². The summed E-state index contributed by atoms with van der Waals surface area (Å²) in [6.45, 7) is 9.33. The molecule has 0 unspecified atom stereocenters. The molecule has 0 saturated carbocycles. The molecule has 0 aromatic heterocycles. The number of ether oxygens (including phenoxy) is 1. The Morgan fingerprint density at radius 3 is 2.39 bits per heavy atom. The molecule has 0 aliphatic carbocycles. The highest BCUT2D eigenvalue weighted by atomic mass is 16.6. The lowest BCUT2D eigenvalue weighted by molar-refractivity contribution is -0.125. The van der Waals surface area contributed by atoms with Crippen molar-refractivity contribution < 1.29 is 14.3 Å². The van der Waals surface area contributed by atoms with E-state index in [0.29, 0.717) is 25.4 Å². The summed E-state index contributed by atoms with van der Waals surface area (Å²) in [4.78, 5) is 27.8. The zero-order chi connectivity index (χ0) is 17.0. The molecule has 0 bridgehead atoms. The summed E-state index contributed by atoms with van der Waals surface area (Å²) in [6, 6.07) is 9.73. The Hall–Kier alpha value is -2.30. The van der Waals surface area contributed by atoms with Gasteiger partial charge in [0, 0.05) is 19.2 Å². The highest BCUT2D eigenvalue weighted by molar-refractivity contribution is 5.89. The number of carbonyl (C=O) groups is 2. The quantitative estimate of drug-likeness (QED) is 0.784. The summed E-state index contributed by atoms with van der Waals surface area (Å²) in [5, 5.41) is 0. The SMILES string of the molecule is CCN(CC)C(=O)/C=C1/OC(=O)N(Cc2ccccc2)C1(C)C.